The molecule has 3 aromatic rings. The Balaban J connectivity index is 1.66. The molecule has 3 rings (SSSR count). The van der Waals surface area contributed by atoms with Gasteiger partial charge < -0.3 is 20.7 Å². The molecule has 154 valence electrons. The molecule has 2 amide bonds. The topological polar surface area (TPSA) is 79.5 Å². The van der Waals surface area contributed by atoms with Gasteiger partial charge in [-0.3, -0.25) is 9.59 Å². The second-order valence-electron chi connectivity index (χ2n) is 6.82. The van der Waals surface area contributed by atoms with Crippen molar-refractivity contribution in [2.45, 2.75) is 13.3 Å². The molecule has 0 aliphatic rings. The first-order valence-corrected chi connectivity index (χ1v) is 9.66. The van der Waals surface area contributed by atoms with E-state index in [1.54, 1.807) is 18.2 Å². The molecule has 0 atom stereocenters. The minimum atomic E-state index is -0.220. The summed E-state index contributed by atoms with van der Waals surface area (Å²) < 4.78 is 5.31. The van der Waals surface area contributed by atoms with Gasteiger partial charge in [-0.05, 0) is 41.8 Å². The number of ether oxygens (including phenoxy) is 1. The zero-order valence-electron chi connectivity index (χ0n) is 17.1. The Hall–Kier alpha value is -3.80. The minimum Gasteiger partial charge on any atom is -0.495 e. The lowest BCUT2D eigenvalue weighted by molar-refractivity contribution is -0.115. The zero-order chi connectivity index (χ0) is 21.3. The van der Waals surface area contributed by atoms with E-state index in [2.05, 4.69) is 28.1 Å². The highest BCUT2D eigenvalue weighted by Gasteiger charge is 2.10. The van der Waals surface area contributed by atoms with Gasteiger partial charge in [0.25, 0.3) is 0 Å². The van der Waals surface area contributed by atoms with Crippen molar-refractivity contribution in [1.82, 2.24) is 0 Å². The van der Waals surface area contributed by atoms with Crippen LogP contribution in [-0.2, 0) is 16.0 Å². The van der Waals surface area contributed by atoms with E-state index >= 15 is 0 Å². The monoisotopic (exact) mass is 403 g/mol. The lowest BCUT2D eigenvalue weighted by atomic mass is 10.0. The van der Waals surface area contributed by atoms with Crippen molar-refractivity contribution in [3.05, 3.63) is 83.9 Å². The first kappa shape index (κ1) is 20.9. The minimum absolute atomic E-state index is 0.0965. The number of rotatable bonds is 8. The summed E-state index contributed by atoms with van der Waals surface area (Å²) in [5.41, 5.74) is 4.31. The molecular formula is C24H25N3O3. The summed E-state index contributed by atoms with van der Waals surface area (Å²) >= 11 is 0. The van der Waals surface area contributed by atoms with Crippen LogP contribution in [0.25, 0.3) is 0 Å². The largest absolute Gasteiger partial charge is 0.495 e. The molecule has 0 bridgehead atoms. The normalized spacial score (nSPS) is 10.2. The van der Waals surface area contributed by atoms with E-state index < -0.39 is 0 Å². The predicted octanol–water partition coefficient (Wildman–Crippen LogP) is 4.30. The quantitative estimate of drug-likeness (QED) is 0.524. The molecule has 0 aliphatic carbocycles. The number of para-hydroxylation sites is 1. The van der Waals surface area contributed by atoms with Gasteiger partial charge in [0.2, 0.25) is 11.8 Å². The van der Waals surface area contributed by atoms with E-state index in [0.29, 0.717) is 17.1 Å². The number of anilines is 3. The Morgan fingerprint density at radius 1 is 0.867 bits per heavy atom. The number of hydrogen-bond donors (Lipinski definition) is 3. The van der Waals surface area contributed by atoms with Crippen LogP contribution in [0.5, 0.6) is 5.75 Å². The van der Waals surface area contributed by atoms with Gasteiger partial charge in [0.05, 0.1) is 19.3 Å². The third kappa shape index (κ3) is 5.85. The fourth-order valence-electron chi connectivity index (χ4n) is 3.12. The summed E-state index contributed by atoms with van der Waals surface area (Å²) in [4.78, 5) is 23.8. The molecule has 0 fully saturated rings. The van der Waals surface area contributed by atoms with Crippen LogP contribution in [0, 0.1) is 0 Å². The Morgan fingerprint density at radius 3 is 2.33 bits per heavy atom. The van der Waals surface area contributed by atoms with E-state index in [-0.39, 0.29) is 18.4 Å². The maximum atomic E-state index is 12.5. The summed E-state index contributed by atoms with van der Waals surface area (Å²) in [6.07, 6.45) is 0.776. The molecule has 0 saturated carbocycles. The zero-order valence-corrected chi connectivity index (χ0v) is 17.1. The molecule has 0 aromatic heterocycles. The third-order valence-corrected chi connectivity index (χ3v) is 4.49. The average molecular weight is 403 g/mol. The maximum Gasteiger partial charge on any atom is 0.243 e. The molecule has 0 saturated heterocycles. The number of carbonyl (C=O) groups excluding carboxylic acids is 2. The van der Waals surface area contributed by atoms with E-state index in [1.807, 2.05) is 42.5 Å². The molecule has 3 aromatic carbocycles. The van der Waals surface area contributed by atoms with Crippen LogP contribution in [0.2, 0.25) is 0 Å². The number of hydrogen-bond acceptors (Lipinski definition) is 4. The Labute approximate surface area is 176 Å². The van der Waals surface area contributed by atoms with Crippen LogP contribution in [0.1, 0.15) is 18.1 Å². The molecule has 6 heteroatoms. The lowest BCUT2D eigenvalue weighted by Crippen LogP contribution is -2.22. The molecule has 6 nitrogen and oxygen atoms in total. The van der Waals surface area contributed by atoms with Gasteiger partial charge in [0.15, 0.2) is 0 Å². The molecule has 30 heavy (non-hydrogen) atoms. The molecule has 0 unspecified atom stereocenters. The predicted molar refractivity (Wildman–Crippen MR) is 120 cm³/mol. The van der Waals surface area contributed by atoms with Crippen molar-refractivity contribution >= 4 is 28.9 Å². The lowest BCUT2D eigenvalue weighted by Gasteiger charge is -2.14. The Morgan fingerprint density at radius 2 is 1.60 bits per heavy atom. The van der Waals surface area contributed by atoms with E-state index in [1.165, 1.54) is 19.6 Å². The van der Waals surface area contributed by atoms with Crippen molar-refractivity contribution in [3.8, 4) is 5.75 Å². The van der Waals surface area contributed by atoms with E-state index in [4.69, 9.17) is 4.74 Å². The second-order valence-corrected chi connectivity index (χ2v) is 6.82. The van der Waals surface area contributed by atoms with E-state index in [0.717, 1.165) is 17.7 Å². The van der Waals surface area contributed by atoms with Crippen LogP contribution in [0.3, 0.4) is 0 Å². The number of carbonyl (C=O) groups is 2. The van der Waals surface area contributed by atoms with Gasteiger partial charge in [0, 0.05) is 18.3 Å². The number of methoxy groups -OCH3 is 1. The average Bonchev–Trinajstić information content (AvgIpc) is 2.74. The van der Waals surface area contributed by atoms with Crippen molar-refractivity contribution in [2.75, 3.05) is 29.6 Å². The van der Waals surface area contributed by atoms with Crippen molar-refractivity contribution in [1.29, 1.82) is 0 Å². The van der Waals surface area contributed by atoms with E-state index in [9.17, 15) is 9.59 Å². The number of nitrogens with one attached hydrogen (secondary N) is 3. The van der Waals surface area contributed by atoms with Gasteiger partial charge >= 0.3 is 0 Å². The van der Waals surface area contributed by atoms with Gasteiger partial charge in [-0.2, -0.15) is 0 Å². The van der Waals surface area contributed by atoms with Crippen LogP contribution < -0.4 is 20.7 Å². The summed E-state index contributed by atoms with van der Waals surface area (Å²) in [5.74, 6) is 0.110. The summed E-state index contributed by atoms with van der Waals surface area (Å²) in [7, 11) is 1.53. The first-order chi connectivity index (χ1) is 14.5. The summed E-state index contributed by atoms with van der Waals surface area (Å²) in [6.45, 7) is 1.53. The van der Waals surface area contributed by atoms with Crippen molar-refractivity contribution in [3.63, 3.8) is 0 Å². The number of amides is 2. The smallest absolute Gasteiger partial charge is 0.243 e. The van der Waals surface area contributed by atoms with Gasteiger partial charge in [-0.1, -0.05) is 48.5 Å². The van der Waals surface area contributed by atoms with Crippen molar-refractivity contribution < 1.29 is 14.3 Å². The standard InChI is InChI=1S/C24H25N3O3/c1-17(28)26-20-12-13-23(30-2)22(15-20)27-24(29)16-25-21-11-7-6-10-19(21)14-18-8-4-3-5-9-18/h3-13,15,25H,14,16H2,1-2H3,(H,26,28)(H,27,29). The fraction of sp³-hybridized carbons (Fsp3) is 0.167. The molecule has 0 radical (unpaired) electrons. The Bertz CT molecular complexity index is 1020. The first-order valence-electron chi connectivity index (χ1n) is 9.66. The molecule has 0 heterocycles. The van der Waals surface area contributed by atoms with Gasteiger partial charge in [-0.15, -0.1) is 0 Å². The highest BCUT2D eigenvalue weighted by molar-refractivity contribution is 5.97. The highest BCUT2D eigenvalue weighted by atomic mass is 16.5. The fourth-order valence-corrected chi connectivity index (χ4v) is 3.12. The third-order valence-electron chi connectivity index (χ3n) is 4.49. The highest BCUT2D eigenvalue weighted by Crippen LogP contribution is 2.28. The van der Waals surface area contributed by atoms with Gasteiger partial charge in [-0.25, -0.2) is 0 Å². The van der Waals surface area contributed by atoms with Crippen LogP contribution in [0.15, 0.2) is 72.8 Å². The molecular weight excluding hydrogens is 378 g/mol. The summed E-state index contributed by atoms with van der Waals surface area (Å²) in [5, 5.41) is 8.75. The van der Waals surface area contributed by atoms with Crippen LogP contribution >= 0.6 is 0 Å². The van der Waals surface area contributed by atoms with Crippen LogP contribution in [-0.4, -0.2) is 25.5 Å². The van der Waals surface area contributed by atoms with Gasteiger partial charge in [0.1, 0.15) is 5.75 Å². The molecule has 3 N–H and O–H groups in total. The maximum absolute atomic E-state index is 12.5. The molecule has 0 aliphatic heterocycles. The van der Waals surface area contributed by atoms with Crippen LogP contribution in [0.4, 0.5) is 17.1 Å². The molecule has 0 spiro atoms. The van der Waals surface area contributed by atoms with Crippen molar-refractivity contribution in [2.24, 2.45) is 0 Å². The SMILES string of the molecule is COc1ccc(NC(C)=O)cc1NC(=O)CNc1ccccc1Cc1ccccc1. The second kappa shape index (κ2) is 10.1. The summed E-state index contributed by atoms with van der Waals surface area (Å²) in [6, 6.07) is 23.2. The number of benzene rings is 3. The Kier molecular flexibility index (Phi) is 7.05.